The van der Waals surface area contributed by atoms with Crippen molar-refractivity contribution < 1.29 is 9.32 Å². The zero-order valence-corrected chi connectivity index (χ0v) is 17.2. The van der Waals surface area contributed by atoms with Gasteiger partial charge < -0.3 is 20.1 Å². The molecule has 2 amide bonds. The largest absolute Gasteiger partial charge is 0.371 e. The van der Waals surface area contributed by atoms with Gasteiger partial charge in [-0.2, -0.15) is 4.98 Å². The fourth-order valence-corrected chi connectivity index (χ4v) is 4.46. The zero-order valence-electron chi connectivity index (χ0n) is 17.2. The van der Waals surface area contributed by atoms with E-state index in [1.807, 2.05) is 19.1 Å². The average Bonchev–Trinajstić information content (AvgIpc) is 3.32. The van der Waals surface area contributed by atoms with Gasteiger partial charge in [0, 0.05) is 30.9 Å². The van der Waals surface area contributed by atoms with Crippen molar-refractivity contribution in [3.8, 4) is 0 Å². The minimum atomic E-state index is -0.538. The SMILES string of the molecule is CCc1nc(C2(NC(=O)Nc3cccc(N4CCCCCC4)c3)CCCC2)no1. The number of hydrogen-bond donors (Lipinski definition) is 2. The molecule has 0 bridgehead atoms. The van der Waals surface area contributed by atoms with Crippen LogP contribution in [0.3, 0.4) is 0 Å². The predicted octanol–water partition coefficient (Wildman–Crippen LogP) is 4.60. The van der Waals surface area contributed by atoms with Gasteiger partial charge in [-0.3, -0.25) is 0 Å². The molecule has 0 spiro atoms. The molecule has 1 saturated carbocycles. The van der Waals surface area contributed by atoms with E-state index in [0.29, 0.717) is 18.1 Å². The molecule has 4 rings (SSSR count). The first-order valence-corrected chi connectivity index (χ1v) is 11.0. The van der Waals surface area contributed by atoms with Gasteiger partial charge in [0.2, 0.25) is 5.89 Å². The molecule has 2 fully saturated rings. The second-order valence-electron chi connectivity index (χ2n) is 8.19. The lowest BCUT2D eigenvalue weighted by Crippen LogP contribution is -2.46. The first-order chi connectivity index (χ1) is 14.2. The summed E-state index contributed by atoms with van der Waals surface area (Å²) in [7, 11) is 0. The van der Waals surface area contributed by atoms with Crippen LogP contribution < -0.4 is 15.5 Å². The first-order valence-electron chi connectivity index (χ1n) is 11.0. The van der Waals surface area contributed by atoms with Gasteiger partial charge in [0.15, 0.2) is 5.82 Å². The van der Waals surface area contributed by atoms with E-state index < -0.39 is 5.54 Å². The van der Waals surface area contributed by atoms with Crippen LogP contribution >= 0.6 is 0 Å². The van der Waals surface area contributed by atoms with E-state index in [4.69, 9.17) is 4.52 Å². The number of amides is 2. The summed E-state index contributed by atoms with van der Waals surface area (Å²) in [5.41, 5.74) is 1.44. The number of hydrogen-bond acceptors (Lipinski definition) is 5. The number of anilines is 2. The summed E-state index contributed by atoms with van der Waals surface area (Å²) < 4.78 is 5.31. The minimum absolute atomic E-state index is 0.220. The Balaban J connectivity index is 1.45. The molecular formula is C22H31N5O2. The van der Waals surface area contributed by atoms with Crippen molar-refractivity contribution in [3.05, 3.63) is 36.0 Å². The maximum Gasteiger partial charge on any atom is 0.320 e. The number of nitrogens with zero attached hydrogens (tertiary/aromatic N) is 3. The summed E-state index contributed by atoms with van der Waals surface area (Å²) in [6.45, 7) is 4.14. The zero-order chi connectivity index (χ0) is 20.1. The summed E-state index contributed by atoms with van der Waals surface area (Å²) in [4.78, 5) is 19.8. The van der Waals surface area contributed by atoms with Crippen molar-refractivity contribution in [2.45, 2.75) is 70.3 Å². The van der Waals surface area contributed by atoms with Crippen molar-refractivity contribution >= 4 is 17.4 Å². The van der Waals surface area contributed by atoms with Crippen molar-refractivity contribution in [3.63, 3.8) is 0 Å². The van der Waals surface area contributed by atoms with E-state index in [1.54, 1.807) is 0 Å². The van der Waals surface area contributed by atoms with Gasteiger partial charge in [-0.1, -0.05) is 43.8 Å². The van der Waals surface area contributed by atoms with E-state index in [-0.39, 0.29) is 6.03 Å². The Morgan fingerprint density at radius 1 is 1.14 bits per heavy atom. The number of aromatic nitrogens is 2. The number of aryl methyl sites for hydroxylation is 1. The number of carbonyl (C=O) groups is 1. The third-order valence-corrected chi connectivity index (χ3v) is 6.08. The fourth-order valence-electron chi connectivity index (χ4n) is 4.46. The molecule has 2 heterocycles. The number of benzene rings is 1. The first kappa shape index (κ1) is 19.7. The van der Waals surface area contributed by atoms with Crippen molar-refractivity contribution in [1.82, 2.24) is 15.5 Å². The molecule has 7 nitrogen and oxygen atoms in total. The normalized spacial score (nSPS) is 19.0. The maximum atomic E-state index is 12.8. The lowest BCUT2D eigenvalue weighted by atomic mass is 9.97. The highest BCUT2D eigenvalue weighted by molar-refractivity contribution is 5.90. The second-order valence-corrected chi connectivity index (χ2v) is 8.19. The fraction of sp³-hybridized carbons (Fsp3) is 0.591. The van der Waals surface area contributed by atoms with Gasteiger partial charge in [0.1, 0.15) is 5.54 Å². The Bertz CT molecular complexity index is 820. The highest BCUT2D eigenvalue weighted by atomic mass is 16.5. The topological polar surface area (TPSA) is 83.3 Å². The molecule has 7 heteroatoms. The van der Waals surface area contributed by atoms with Crippen molar-refractivity contribution in [1.29, 1.82) is 0 Å². The average molecular weight is 398 g/mol. The standard InChI is InChI=1S/C22H31N5O2/c1-2-19-24-20(26-29-19)22(12-5-6-13-22)25-21(28)23-17-10-9-11-18(16-17)27-14-7-3-4-8-15-27/h9-11,16H,2-8,12-15H2,1H3,(H2,23,25,28). The maximum absolute atomic E-state index is 12.8. The lowest BCUT2D eigenvalue weighted by molar-refractivity contribution is 0.232. The van der Waals surface area contributed by atoms with Gasteiger partial charge >= 0.3 is 6.03 Å². The number of rotatable bonds is 5. The third kappa shape index (κ3) is 4.54. The molecule has 29 heavy (non-hydrogen) atoms. The van der Waals surface area contributed by atoms with Crippen molar-refractivity contribution in [2.24, 2.45) is 0 Å². The van der Waals surface area contributed by atoms with Crippen molar-refractivity contribution in [2.75, 3.05) is 23.3 Å². The summed E-state index contributed by atoms with van der Waals surface area (Å²) in [6, 6.07) is 7.91. The molecule has 0 radical (unpaired) electrons. The lowest BCUT2D eigenvalue weighted by Gasteiger charge is -2.27. The monoisotopic (exact) mass is 397 g/mol. The van der Waals surface area contributed by atoms with Gasteiger partial charge in [-0.05, 0) is 43.9 Å². The Hall–Kier alpha value is -2.57. The Morgan fingerprint density at radius 2 is 1.90 bits per heavy atom. The van der Waals surface area contributed by atoms with E-state index >= 15 is 0 Å². The Morgan fingerprint density at radius 3 is 2.59 bits per heavy atom. The van der Waals surface area contributed by atoms with E-state index in [2.05, 4.69) is 37.8 Å². The van der Waals surface area contributed by atoms with Gasteiger partial charge in [-0.15, -0.1) is 0 Å². The Kier molecular flexibility index (Phi) is 6.02. The van der Waals surface area contributed by atoms with Crippen LogP contribution in [-0.4, -0.2) is 29.3 Å². The quantitative estimate of drug-likeness (QED) is 0.770. The summed E-state index contributed by atoms with van der Waals surface area (Å²) in [6.07, 6.45) is 9.49. The predicted molar refractivity (Wildman–Crippen MR) is 113 cm³/mol. The molecule has 2 N–H and O–H groups in total. The Labute approximate surface area is 172 Å². The molecule has 1 aliphatic heterocycles. The smallest absolute Gasteiger partial charge is 0.320 e. The molecule has 1 aromatic carbocycles. The van der Waals surface area contributed by atoms with E-state index in [9.17, 15) is 4.79 Å². The van der Waals surface area contributed by atoms with Crippen LogP contribution in [0.1, 0.15) is 70.0 Å². The van der Waals surface area contributed by atoms with Crippen LogP contribution in [0.2, 0.25) is 0 Å². The number of carbonyl (C=O) groups excluding carboxylic acids is 1. The second kappa shape index (κ2) is 8.84. The van der Waals surface area contributed by atoms with Crippen LogP contribution in [0.15, 0.2) is 28.8 Å². The van der Waals surface area contributed by atoms with Gasteiger partial charge in [-0.25, -0.2) is 4.79 Å². The molecule has 1 saturated heterocycles. The minimum Gasteiger partial charge on any atom is -0.371 e. The van der Waals surface area contributed by atoms with Crippen LogP contribution in [0, 0.1) is 0 Å². The number of nitrogens with one attached hydrogen (secondary N) is 2. The van der Waals surface area contributed by atoms with Crippen LogP contribution in [0.4, 0.5) is 16.2 Å². The summed E-state index contributed by atoms with van der Waals surface area (Å²) >= 11 is 0. The summed E-state index contributed by atoms with van der Waals surface area (Å²) in [5.74, 6) is 1.21. The highest BCUT2D eigenvalue weighted by Crippen LogP contribution is 2.37. The third-order valence-electron chi connectivity index (χ3n) is 6.08. The highest BCUT2D eigenvalue weighted by Gasteiger charge is 2.41. The molecule has 1 aliphatic carbocycles. The molecular weight excluding hydrogens is 366 g/mol. The van der Waals surface area contributed by atoms with E-state index in [0.717, 1.165) is 44.5 Å². The van der Waals surface area contributed by atoms with E-state index in [1.165, 1.54) is 31.4 Å². The molecule has 156 valence electrons. The number of urea groups is 1. The van der Waals surface area contributed by atoms with Gasteiger partial charge in [0.05, 0.1) is 0 Å². The molecule has 2 aromatic rings. The van der Waals surface area contributed by atoms with Crippen LogP contribution in [-0.2, 0) is 12.0 Å². The summed E-state index contributed by atoms with van der Waals surface area (Å²) in [5, 5.41) is 10.3. The van der Waals surface area contributed by atoms with Gasteiger partial charge in [0.25, 0.3) is 0 Å². The molecule has 1 aromatic heterocycles. The molecule has 2 aliphatic rings. The van der Waals surface area contributed by atoms with Crippen LogP contribution in [0.25, 0.3) is 0 Å². The molecule has 0 atom stereocenters. The molecule has 0 unspecified atom stereocenters. The van der Waals surface area contributed by atoms with Crippen LogP contribution in [0.5, 0.6) is 0 Å².